The number of amides is 2. The van der Waals surface area contributed by atoms with Crippen molar-refractivity contribution in [1.29, 1.82) is 0 Å². The summed E-state index contributed by atoms with van der Waals surface area (Å²) >= 11 is 0. The molecule has 3 unspecified atom stereocenters. The number of aryl methyl sites for hydroxylation is 1. The van der Waals surface area contributed by atoms with Crippen LogP contribution in [0.25, 0.3) is 22.0 Å². The molecule has 0 spiro atoms. The number of pyridine rings is 1. The van der Waals surface area contributed by atoms with Crippen LogP contribution in [0, 0.1) is 11.8 Å². The molecule has 1 aromatic carbocycles. The van der Waals surface area contributed by atoms with Crippen molar-refractivity contribution in [1.82, 2.24) is 19.8 Å². The number of aromatic nitrogens is 2. The first kappa shape index (κ1) is 26.5. The minimum absolute atomic E-state index is 0.00292. The van der Waals surface area contributed by atoms with E-state index < -0.39 is 6.04 Å². The van der Waals surface area contributed by atoms with Crippen molar-refractivity contribution in [3.05, 3.63) is 54.5 Å². The van der Waals surface area contributed by atoms with Gasteiger partial charge in [-0.1, -0.05) is 51.3 Å². The number of benzene rings is 1. The van der Waals surface area contributed by atoms with Gasteiger partial charge in [0, 0.05) is 59.6 Å². The Morgan fingerprint density at radius 1 is 1.05 bits per heavy atom. The molecule has 3 heterocycles. The minimum atomic E-state index is -0.434. The van der Waals surface area contributed by atoms with E-state index in [1.54, 1.807) is 0 Å². The van der Waals surface area contributed by atoms with E-state index >= 15 is 0 Å². The maximum Gasteiger partial charge on any atom is 0.245 e. The van der Waals surface area contributed by atoms with Crippen LogP contribution in [-0.2, 0) is 16.1 Å². The summed E-state index contributed by atoms with van der Waals surface area (Å²) in [6.45, 7) is 7.77. The van der Waals surface area contributed by atoms with Crippen LogP contribution in [0.3, 0.4) is 0 Å². The number of hydrogen-bond acceptors (Lipinski definition) is 3. The summed E-state index contributed by atoms with van der Waals surface area (Å²) in [7, 11) is 0. The van der Waals surface area contributed by atoms with Crippen LogP contribution in [0.5, 0.6) is 0 Å². The highest BCUT2D eigenvalue weighted by Gasteiger charge is 2.39. The fraction of sp³-hybridized carbons (Fsp3) is 0.531. The molecule has 38 heavy (non-hydrogen) atoms. The zero-order valence-electron chi connectivity index (χ0n) is 23.2. The highest BCUT2D eigenvalue weighted by atomic mass is 16.2. The van der Waals surface area contributed by atoms with Gasteiger partial charge in [-0.2, -0.15) is 0 Å². The van der Waals surface area contributed by atoms with E-state index in [4.69, 9.17) is 0 Å². The van der Waals surface area contributed by atoms with Gasteiger partial charge in [0.05, 0.1) is 6.04 Å². The lowest BCUT2D eigenvalue weighted by Gasteiger charge is -2.35. The van der Waals surface area contributed by atoms with Crippen LogP contribution in [-0.4, -0.2) is 38.9 Å². The van der Waals surface area contributed by atoms with E-state index in [1.165, 1.54) is 22.9 Å². The Morgan fingerprint density at radius 2 is 1.84 bits per heavy atom. The van der Waals surface area contributed by atoms with Crippen molar-refractivity contribution in [3.63, 3.8) is 0 Å². The molecule has 2 fully saturated rings. The summed E-state index contributed by atoms with van der Waals surface area (Å²) in [6.07, 6.45) is 14.2. The van der Waals surface area contributed by atoms with E-state index in [0.29, 0.717) is 0 Å². The van der Waals surface area contributed by atoms with Crippen LogP contribution in [0.1, 0.15) is 83.7 Å². The van der Waals surface area contributed by atoms with Gasteiger partial charge < -0.3 is 14.8 Å². The van der Waals surface area contributed by atoms with E-state index in [0.717, 1.165) is 69.2 Å². The van der Waals surface area contributed by atoms with Gasteiger partial charge in [0.15, 0.2) is 0 Å². The lowest BCUT2D eigenvalue weighted by Crippen LogP contribution is -2.53. The standard InChI is InChI=1S/C32H42N4O2/c1-4-22(3)31(37)34-30(23-12-7-6-8-13-23)32(38)36-17-11-16-28(36)25-18-24(19-33-20-25)27-21-35(5-2)29-15-10-9-14-26(27)29/h9-10,14-15,18-23,28,30H,4-8,11-13,16-17H2,1-3H3,(H,34,37). The predicted octanol–water partition coefficient (Wildman–Crippen LogP) is 6.50. The van der Waals surface area contributed by atoms with Crippen molar-refractivity contribution in [2.75, 3.05) is 6.54 Å². The topological polar surface area (TPSA) is 67.2 Å². The van der Waals surface area contributed by atoms with Gasteiger partial charge in [-0.25, -0.2) is 0 Å². The molecule has 2 aliphatic rings. The van der Waals surface area contributed by atoms with Crippen LogP contribution < -0.4 is 5.32 Å². The summed E-state index contributed by atoms with van der Waals surface area (Å²) in [4.78, 5) is 33.7. The Kier molecular flexibility index (Phi) is 8.15. The third-order valence-corrected chi connectivity index (χ3v) is 8.87. The molecule has 202 valence electrons. The predicted molar refractivity (Wildman–Crippen MR) is 152 cm³/mol. The maximum absolute atomic E-state index is 14.1. The Morgan fingerprint density at radius 3 is 2.61 bits per heavy atom. The van der Waals surface area contributed by atoms with Gasteiger partial charge in [0.1, 0.15) is 6.04 Å². The van der Waals surface area contributed by atoms with Crippen molar-refractivity contribution in [2.24, 2.45) is 11.8 Å². The van der Waals surface area contributed by atoms with E-state index in [-0.39, 0.29) is 29.7 Å². The Bertz CT molecular complexity index is 1280. The van der Waals surface area contributed by atoms with Crippen molar-refractivity contribution >= 4 is 22.7 Å². The van der Waals surface area contributed by atoms with E-state index in [2.05, 4.69) is 58.3 Å². The first-order valence-electron chi connectivity index (χ1n) is 14.7. The number of rotatable bonds is 8. The van der Waals surface area contributed by atoms with Crippen LogP contribution in [0.4, 0.5) is 0 Å². The summed E-state index contributed by atoms with van der Waals surface area (Å²) in [5.74, 6) is 0.219. The second kappa shape index (κ2) is 11.7. The molecule has 6 nitrogen and oxygen atoms in total. The second-order valence-electron chi connectivity index (χ2n) is 11.2. The fourth-order valence-electron chi connectivity index (χ4n) is 6.41. The Labute approximate surface area is 226 Å². The summed E-state index contributed by atoms with van der Waals surface area (Å²) in [5, 5.41) is 4.42. The average molecular weight is 515 g/mol. The molecule has 3 aromatic rings. The van der Waals surface area contributed by atoms with E-state index in [1.807, 2.05) is 31.1 Å². The van der Waals surface area contributed by atoms with Gasteiger partial charge in [-0.3, -0.25) is 14.6 Å². The lowest BCUT2D eigenvalue weighted by atomic mass is 9.83. The fourth-order valence-corrected chi connectivity index (χ4v) is 6.41. The van der Waals surface area contributed by atoms with Crippen LogP contribution >= 0.6 is 0 Å². The average Bonchev–Trinajstić information content (AvgIpc) is 3.61. The van der Waals surface area contributed by atoms with Gasteiger partial charge in [0.25, 0.3) is 0 Å². The van der Waals surface area contributed by atoms with Crippen molar-refractivity contribution < 1.29 is 9.59 Å². The number of fused-ring (bicyclic) bond motifs is 1. The number of para-hydroxylation sites is 1. The first-order valence-corrected chi connectivity index (χ1v) is 14.7. The Hall–Kier alpha value is -3.15. The van der Waals surface area contributed by atoms with Crippen LogP contribution in [0.2, 0.25) is 0 Å². The highest BCUT2D eigenvalue weighted by Crippen LogP contribution is 2.37. The molecule has 5 rings (SSSR count). The molecule has 3 atom stereocenters. The number of nitrogens with one attached hydrogen (secondary N) is 1. The first-order chi connectivity index (χ1) is 18.5. The van der Waals surface area contributed by atoms with Gasteiger partial charge >= 0.3 is 0 Å². The third-order valence-electron chi connectivity index (χ3n) is 8.87. The Balaban J connectivity index is 1.43. The molecule has 6 heteroatoms. The van der Waals surface area contributed by atoms with Gasteiger partial charge in [-0.05, 0) is 62.6 Å². The lowest BCUT2D eigenvalue weighted by molar-refractivity contribution is -0.140. The maximum atomic E-state index is 14.1. The molecule has 0 bridgehead atoms. The largest absolute Gasteiger partial charge is 0.347 e. The van der Waals surface area contributed by atoms with Crippen LogP contribution in [0.15, 0.2) is 48.9 Å². The highest BCUT2D eigenvalue weighted by molar-refractivity contribution is 5.96. The van der Waals surface area contributed by atoms with Gasteiger partial charge in [0.2, 0.25) is 11.8 Å². The molecule has 0 radical (unpaired) electrons. The number of nitrogens with zero attached hydrogens (tertiary/aromatic N) is 3. The van der Waals surface area contributed by atoms with Gasteiger partial charge in [-0.15, -0.1) is 0 Å². The number of hydrogen-bond donors (Lipinski definition) is 1. The monoisotopic (exact) mass is 514 g/mol. The van der Waals surface area contributed by atoms with Crippen molar-refractivity contribution in [2.45, 2.75) is 90.8 Å². The molecule has 1 aliphatic heterocycles. The SMILES string of the molecule is CCC(C)C(=O)NC(C(=O)N1CCCC1c1cncc(-c2cn(CC)c3ccccc23)c1)C1CCCCC1. The second-order valence-corrected chi connectivity index (χ2v) is 11.2. The molecule has 2 amide bonds. The smallest absolute Gasteiger partial charge is 0.245 e. The molecule has 1 saturated heterocycles. The molecular formula is C32H42N4O2. The molecule has 1 aliphatic carbocycles. The molecular weight excluding hydrogens is 472 g/mol. The third kappa shape index (κ3) is 5.23. The summed E-state index contributed by atoms with van der Waals surface area (Å²) in [5.41, 5.74) is 4.56. The summed E-state index contributed by atoms with van der Waals surface area (Å²) in [6, 6.07) is 10.3. The zero-order chi connectivity index (χ0) is 26.6. The summed E-state index contributed by atoms with van der Waals surface area (Å²) < 4.78 is 2.28. The number of carbonyl (C=O) groups excluding carboxylic acids is 2. The van der Waals surface area contributed by atoms with E-state index in [9.17, 15) is 9.59 Å². The number of carbonyl (C=O) groups is 2. The molecule has 1 N–H and O–H groups in total. The normalized spacial score (nSPS) is 20.0. The van der Waals surface area contributed by atoms with Crippen molar-refractivity contribution in [3.8, 4) is 11.1 Å². The minimum Gasteiger partial charge on any atom is -0.347 e. The molecule has 1 saturated carbocycles. The number of likely N-dealkylation sites (tertiary alicyclic amines) is 1. The zero-order valence-corrected chi connectivity index (χ0v) is 23.2. The quantitative estimate of drug-likeness (QED) is 0.373. The molecule has 2 aromatic heterocycles.